The van der Waals surface area contributed by atoms with Crippen molar-refractivity contribution in [3.63, 3.8) is 0 Å². The summed E-state index contributed by atoms with van der Waals surface area (Å²) in [6.07, 6.45) is 6.83. The summed E-state index contributed by atoms with van der Waals surface area (Å²) in [7, 11) is 0. The van der Waals surface area contributed by atoms with Crippen molar-refractivity contribution < 1.29 is 19.1 Å². The minimum Gasteiger partial charge on any atom is -0.493 e. The lowest BCUT2D eigenvalue weighted by molar-refractivity contribution is -0.142. The van der Waals surface area contributed by atoms with Crippen molar-refractivity contribution in [2.45, 2.75) is 58.3 Å². The number of fused-ring (bicyclic) bond motifs is 1. The molecule has 1 N–H and O–H groups in total. The number of benzene rings is 1. The van der Waals surface area contributed by atoms with Crippen LogP contribution in [-0.2, 0) is 24.1 Å². The highest BCUT2D eigenvalue weighted by Crippen LogP contribution is 2.41. The Bertz CT molecular complexity index is 752. The van der Waals surface area contributed by atoms with E-state index in [-0.39, 0.29) is 11.8 Å². The van der Waals surface area contributed by atoms with Gasteiger partial charge in [-0.15, -0.1) is 0 Å². The van der Waals surface area contributed by atoms with Crippen molar-refractivity contribution >= 4 is 5.97 Å². The first kappa shape index (κ1) is 18.5. The Morgan fingerprint density at radius 2 is 2.23 bits per heavy atom. The van der Waals surface area contributed by atoms with Crippen molar-refractivity contribution in [2.75, 3.05) is 6.61 Å². The van der Waals surface area contributed by atoms with Crippen molar-refractivity contribution in [3.8, 4) is 5.75 Å². The number of aliphatic carboxylic acids is 1. The lowest BCUT2D eigenvalue weighted by Crippen LogP contribution is -2.19. The summed E-state index contributed by atoms with van der Waals surface area (Å²) in [5, 5.41) is 9.43. The highest BCUT2D eigenvalue weighted by Gasteiger charge is 2.33. The number of aromatic nitrogens is 1. The number of carboxylic acid groups (broad SMARTS) is 1. The molecule has 5 heteroatoms. The number of ether oxygens (including phenoxy) is 1. The molecule has 0 amide bonds. The van der Waals surface area contributed by atoms with E-state index in [1.807, 2.05) is 19.1 Å². The maximum atomic E-state index is 11.5. The molecule has 1 aromatic heterocycles. The molecule has 0 saturated carbocycles. The zero-order valence-corrected chi connectivity index (χ0v) is 15.5. The van der Waals surface area contributed by atoms with Gasteiger partial charge in [0.25, 0.3) is 0 Å². The van der Waals surface area contributed by atoms with Gasteiger partial charge < -0.3 is 14.3 Å². The van der Waals surface area contributed by atoms with Gasteiger partial charge in [-0.05, 0) is 54.9 Å². The molecule has 1 aromatic carbocycles. The van der Waals surface area contributed by atoms with Crippen LogP contribution in [0.2, 0.25) is 0 Å². The van der Waals surface area contributed by atoms with Gasteiger partial charge >= 0.3 is 5.97 Å². The molecule has 2 aromatic rings. The standard InChI is InChI=1S/C21H27NO4/c1-3-5-20-22-13-16(26-20)10-11-25-15-7-9-18-14(12-15)6-8-19(18)17(4-2)21(23)24/h7,9,12-13,17,19H,3-6,8,10-11H2,1-2H3,(H,23,24). The van der Waals surface area contributed by atoms with Gasteiger partial charge in [0, 0.05) is 12.8 Å². The van der Waals surface area contributed by atoms with Gasteiger partial charge in [0.1, 0.15) is 11.5 Å². The maximum absolute atomic E-state index is 11.5. The molecule has 0 saturated heterocycles. The van der Waals surface area contributed by atoms with Crippen molar-refractivity contribution in [3.05, 3.63) is 47.2 Å². The number of rotatable bonds is 9. The zero-order chi connectivity index (χ0) is 18.5. The van der Waals surface area contributed by atoms with Gasteiger partial charge in [-0.2, -0.15) is 0 Å². The first-order chi connectivity index (χ1) is 12.6. The Kier molecular flexibility index (Phi) is 5.96. The topological polar surface area (TPSA) is 72.6 Å². The largest absolute Gasteiger partial charge is 0.493 e. The van der Waals surface area contributed by atoms with E-state index in [0.717, 1.165) is 43.1 Å². The highest BCUT2D eigenvalue weighted by atomic mass is 16.5. The van der Waals surface area contributed by atoms with Gasteiger partial charge in [0.2, 0.25) is 0 Å². The molecule has 0 aliphatic heterocycles. The first-order valence-corrected chi connectivity index (χ1v) is 9.54. The van der Waals surface area contributed by atoms with Crippen LogP contribution in [0.3, 0.4) is 0 Å². The fourth-order valence-electron chi connectivity index (χ4n) is 3.83. The molecule has 2 atom stereocenters. The van der Waals surface area contributed by atoms with Gasteiger partial charge in [0.05, 0.1) is 18.7 Å². The molecule has 0 radical (unpaired) electrons. The number of carboxylic acids is 1. The van der Waals surface area contributed by atoms with Crippen molar-refractivity contribution in [1.29, 1.82) is 0 Å². The lowest BCUT2D eigenvalue weighted by atomic mass is 9.85. The van der Waals surface area contributed by atoms with Crippen molar-refractivity contribution in [1.82, 2.24) is 4.98 Å². The Morgan fingerprint density at radius 1 is 1.38 bits per heavy atom. The molecule has 140 valence electrons. The third kappa shape index (κ3) is 4.09. The van der Waals surface area contributed by atoms with Crippen LogP contribution in [0, 0.1) is 5.92 Å². The second-order valence-electron chi connectivity index (χ2n) is 6.93. The Labute approximate surface area is 154 Å². The molecule has 3 rings (SSSR count). The highest BCUT2D eigenvalue weighted by molar-refractivity contribution is 5.71. The molecular formula is C21H27NO4. The van der Waals surface area contributed by atoms with Crippen molar-refractivity contribution in [2.24, 2.45) is 5.92 Å². The zero-order valence-electron chi connectivity index (χ0n) is 15.5. The average molecular weight is 357 g/mol. The molecule has 2 unspecified atom stereocenters. The fourth-order valence-corrected chi connectivity index (χ4v) is 3.83. The molecule has 5 nitrogen and oxygen atoms in total. The predicted octanol–water partition coefficient (Wildman–Crippen LogP) is 4.39. The van der Waals surface area contributed by atoms with Crippen LogP contribution in [0.4, 0.5) is 0 Å². The van der Waals surface area contributed by atoms with Crippen LogP contribution in [0.25, 0.3) is 0 Å². The van der Waals surface area contributed by atoms with E-state index in [0.29, 0.717) is 19.4 Å². The molecule has 0 bridgehead atoms. The minimum atomic E-state index is -0.694. The number of oxazole rings is 1. The van der Waals surface area contributed by atoms with Crippen LogP contribution in [-0.4, -0.2) is 22.7 Å². The second-order valence-corrected chi connectivity index (χ2v) is 6.93. The SMILES string of the molecule is CCCc1ncc(CCOc2ccc3c(c2)CCC3C(CC)C(=O)O)o1. The van der Waals surface area contributed by atoms with Crippen LogP contribution in [0.1, 0.15) is 61.8 Å². The van der Waals surface area contributed by atoms with E-state index in [4.69, 9.17) is 9.15 Å². The molecule has 1 aliphatic rings. The number of hydrogen-bond acceptors (Lipinski definition) is 4. The molecule has 0 spiro atoms. The quantitative estimate of drug-likeness (QED) is 0.720. The Hall–Kier alpha value is -2.30. The van der Waals surface area contributed by atoms with E-state index in [2.05, 4.69) is 18.0 Å². The van der Waals surface area contributed by atoms with Crippen LogP contribution < -0.4 is 4.74 Å². The summed E-state index contributed by atoms with van der Waals surface area (Å²) >= 11 is 0. The van der Waals surface area contributed by atoms with Gasteiger partial charge in [0.15, 0.2) is 5.89 Å². The van der Waals surface area contributed by atoms with Gasteiger partial charge in [-0.1, -0.05) is 19.9 Å². The van der Waals surface area contributed by atoms with E-state index < -0.39 is 5.97 Å². The summed E-state index contributed by atoms with van der Waals surface area (Å²) < 4.78 is 11.5. The maximum Gasteiger partial charge on any atom is 0.307 e. The summed E-state index contributed by atoms with van der Waals surface area (Å²) in [5.74, 6) is 1.60. The second kappa shape index (κ2) is 8.39. The molecule has 1 heterocycles. The smallest absolute Gasteiger partial charge is 0.307 e. The minimum absolute atomic E-state index is 0.118. The molecule has 0 fully saturated rings. The van der Waals surface area contributed by atoms with Gasteiger partial charge in [-0.3, -0.25) is 4.79 Å². The molecular weight excluding hydrogens is 330 g/mol. The number of carbonyl (C=O) groups is 1. The van der Waals surface area contributed by atoms with Crippen LogP contribution in [0.5, 0.6) is 5.75 Å². The number of nitrogens with zero attached hydrogens (tertiary/aromatic N) is 1. The summed E-state index contributed by atoms with van der Waals surface area (Å²) in [5.41, 5.74) is 2.39. The van der Waals surface area contributed by atoms with E-state index in [1.54, 1.807) is 6.20 Å². The van der Waals surface area contributed by atoms with Crippen LogP contribution in [0.15, 0.2) is 28.8 Å². The lowest BCUT2D eigenvalue weighted by Gasteiger charge is -2.19. The first-order valence-electron chi connectivity index (χ1n) is 9.54. The summed E-state index contributed by atoms with van der Waals surface area (Å²) in [4.78, 5) is 15.7. The fraction of sp³-hybridized carbons (Fsp3) is 0.524. The third-order valence-electron chi connectivity index (χ3n) is 5.16. The van der Waals surface area contributed by atoms with Gasteiger partial charge in [-0.25, -0.2) is 4.98 Å². The number of hydrogen-bond donors (Lipinski definition) is 1. The number of aryl methyl sites for hydroxylation is 2. The molecule has 1 aliphatic carbocycles. The van der Waals surface area contributed by atoms with Crippen LogP contribution >= 0.6 is 0 Å². The average Bonchev–Trinajstić information content (AvgIpc) is 3.23. The monoisotopic (exact) mass is 357 g/mol. The van der Waals surface area contributed by atoms with E-state index >= 15 is 0 Å². The summed E-state index contributed by atoms with van der Waals surface area (Å²) in [6, 6.07) is 6.06. The summed E-state index contributed by atoms with van der Waals surface area (Å²) in [6.45, 7) is 4.59. The van der Waals surface area contributed by atoms with E-state index in [1.165, 1.54) is 11.1 Å². The Morgan fingerprint density at radius 3 is 2.96 bits per heavy atom. The Balaban J connectivity index is 1.58. The van der Waals surface area contributed by atoms with E-state index in [9.17, 15) is 9.90 Å². The predicted molar refractivity (Wildman–Crippen MR) is 98.6 cm³/mol. The molecule has 26 heavy (non-hydrogen) atoms. The third-order valence-corrected chi connectivity index (χ3v) is 5.16. The normalized spacial score (nSPS) is 17.1.